The summed E-state index contributed by atoms with van der Waals surface area (Å²) in [5.74, 6) is 0. The molecule has 0 radical (unpaired) electrons. The van der Waals surface area contributed by atoms with Gasteiger partial charge < -0.3 is 4.98 Å². The van der Waals surface area contributed by atoms with Crippen molar-refractivity contribution in [3.8, 4) is 5.69 Å². The Morgan fingerprint density at radius 1 is 1.10 bits per heavy atom. The number of nitrogens with zero attached hydrogens (tertiary/aromatic N) is 2. The van der Waals surface area contributed by atoms with Crippen LogP contribution in [0.15, 0.2) is 54.7 Å². The van der Waals surface area contributed by atoms with E-state index >= 15 is 0 Å². The molecular weight excluding hydrogens is 278 g/mol. The minimum absolute atomic E-state index is 0.711. The zero-order valence-electron chi connectivity index (χ0n) is 11.5. The number of imidazole rings is 1. The van der Waals surface area contributed by atoms with Gasteiger partial charge in [-0.3, -0.25) is 9.55 Å². The van der Waals surface area contributed by atoms with E-state index in [1.165, 1.54) is 5.56 Å². The Bertz CT molecular complexity index is 1030. The average molecular weight is 291 g/mol. The Labute approximate surface area is 126 Å². The molecule has 4 rings (SSSR count). The molecule has 0 aliphatic carbocycles. The van der Waals surface area contributed by atoms with Gasteiger partial charge in [-0.2, -0.15) is 0 Å². The van der Waals surface area contributed by atoms with Crippen LogP contribution in [-0.4, -0.2) is 14.5 Å². The Morgan fingerprint density at radius 3 is 2.90 bits per heavy atom. The minimum atomic E-state index is 0.711. The second kappa shape index (κ2) is 4.53. The third kappa shape index (κ3) is 1.87. The zero-order chi connectivity index (χ0) is 14.4. The van der Waals surface area contributed by atoms with Crippen molar-refractivity contribution in [2.75, 3.05) is 0 Å². The number of benzene rings is 2. The molecule has 2 aromatic carbocycles. The standard InChI is InChI=1S/C17H13N3S/c1-11-4-2-6-15-16(11)19-17(21)20(15)13-7-8-14-12(10-13)5-3-9-18-14/h2-10H,1H3,(H,19,21). The fourth-order valence-corrected chi connectivity index (χ4v) is 3.04. The van der Waals surface area contributed by atoms with Gasteiger partial charge >= 0.3 is 0 Å². The van der Waals surface area contributed by atoms with Crippen molar-refractivity contribution in [3.05, 3.63) is 65.1 Å². The molecule has 0 saturated carbocycles. The number of hydrogen-bond acceptors (Lipinski definition) is 2. The summed E-state index contributed by atoms with van der Waals surface area (Å²) in [5, 5.41) is 1.11. The monoisotopic (exact) mass is 291 g/mol. The molecule has 2 aromatic heterocycles. The predicted octanol–water partition coefficient (Wildman–Crippen LogP) is 4.54. The lowest BCUT2D eigenvalue weighted by Crippen LogP contribution is -1.94. The van der Waals surface area contributed by atoms with Crippen LogP contribution in [0.1, 0.15) is 5.56 Å². The normalized spacial score (nSPS) is 11.3. The summed E-state index contributed by atoms with van der Waals surface area (Å²) in [6.45, 7) is 2.09. The van der Waals surface area contributed by atoms with Crippen molar-refractivity contribution in [3.63, 3.8) is 0 Å². The van der Waals surface area contributed by atoms with Gasteiger partial charge in [0, 0.05) is 17.3 Å². The van der Waals surface area contributed by atoms with Crippen LogP contribution in [0.3, 0.4) is 0 Å². The molecule has 102 valence electrons. The molecule has 4 heteroatoms. The van der Waals surface area contributed by atoms with E-state index < -0.39 is 0 Å². The largest absolute Gasteiger partial charge is 0.330 e. The number of fused-ring (bicyclic) bond motifs is 2. The number of nitrogens with one attached hydrogen (secondary N) is 1. The van der Waals surface area contributed by atoms with Gasteiger partial charge in [0.25, 0.3) is 0 Å². The maximum Gasteiger partial charge on any atom is 0.182 e. The fourth-order valence-electron chi connectivity index (χ4n) is 2.73. The van der Waals surface area contributed by atoms with E-state index in [1.807, 2.05) is 18.3 Å². The van der Waals surface area contributed by atoms with Crippen molar-refractivity contribution in [2.24, 2.45) is 0 Å². The number of hydrogen-bond donors (Lipinski definition) is 1. The number of aromatic nitrogens is 3. The van der Waals surface area contributed by atoms with E-state index in [2.05, 4.69) is 57.9 Å². The summed E-state index contributed by atoms with van der Waals surface area (Å²) < 4.78 is 2.78. The smallest absolute Gasteiger partial charge is 0.182 e. The van der Waals surface area contributed by atoms with Gasteiger partial charge in [-0.05, 0) is 55.0 Å². The molecule has 0 aliphatic heterocycles. The molecule has 0 spiro atoms. The quantitative estimate of drug-likeness (QED) is 0.522. The second-order valence-electron chi connectivity index (χ2n) is 5.12. The van der Waals surface area contributed by atoms with Crippen LogP contribution < -0.4 is 0 Å². The topological polar surface area (TPSA) is 33.6 Å². The van der Waals surface area contributed by atoms with Gasteiger partial charge in [-0.25, -0.2) is 0 Å². The van der Waals surface area contributed by atoms with Gasteiger partial charge in [0.1, 0.15) is 0 Å². The molecule has 21 heavy (non-hydrogen) atoms. The Kier molecular flexibility index (Phi) is 2.65. The molecular formula is C17H13N3S. The number of para-hydroxylation sites is 1. The van der Waals surface area contributed by atoms with Gasteiger partial charge in [0.15, 0.2) is 4.77 Å². The molecule has 0 saturated heterocycles. The number of H-pyrrole nitrogens is 1. The van der Waals surface area contributed by atoms with Gasteiger partial charge in [-0.15, -0.1) is 0 Å². The molecule has 0 amide bonds. The van der Waals surface area contributed by atoms with Gasteiger partial charge in [0.2, 0.25) is 0 Å². The van der Waals surface area contributed by atoms with Crippen LogP contribution in [-0.2, 0) is 0 Å². The van der Waals surface area contributed by atoms with Gasteiger partial charge in [0.05, 0.1) is 16.6 Å². The van der Waals surface area contributed by atoms with Crippen molar-refractivity contribution in [1.29, 1.82) is 0 Å². The maximum atomic E-state index is 5.51. The number of rotatable bonds is 1. The lowest BCUT2D eigenvalue weighted by molar-refractivity contribution is 1.07. The van der Waals surface area contributed by atoms with E-state index in [-0.39, 0.29) is 0 Å². The lowest BCUT2D eigenvalue weighted by Gasteiger charge is -2.06. The number of aryl methyl sites for hydroxylation is 1. The van der Waals surface area contributed by atoms with E-state index in [9.17, 15) is 0 Å². The molecule has 0 unspecified atom stereocenters. The van der Waals surface area contributed by atoms with Crippen LogP contribution in [0.2, 0.25) is 0 Å². The van der Waals surface area contributed by atoms with E-state index in [1.54, 1.807) is 0 Å². The van der Waals surface area contributed by atoms with E-state index in [0.29, 0.717) is 4.77 Å². The highest BCUT2D eigenvalue weighted by Crippen LogP contribution is 2.24. The van der Waals surface area contributed by atoms with Crippen LogP contribution in [0.4, 0.5) is 0 Å². The Hall–Kier alpha value is -2.46. The van der Waals surface area contributed by atoms with E-state index in [0.717, 1.165) is 27.6 Å². The third-order valence-electron chi connectivity index (χ3n) is 3.77. The first-order valence-electron chi connectivity index (χ1n) is 6.79. The highest BCUT2D eigenvalue weighted by molar-refractivity contribution is 7.71. The fraction of sp³-hybridized carbons (Fsp3) is 0.0588. The molecule has 1 N–H and O–H groups in total. The summed E-state index contributed by atoms with van der Waals surface area (Å²) in [7, 11) is 0. The molecule has 0 fully saturated rings. The summed E-state index contributed by atoms with van der Waals surface area (Å²) in [4.78, 5) is 7.66. The zero-order valence-corrected chi connectivity index (χ0v) is 12.3. The summed E-state index contributed by atoms with van der Waals surface area (Å²) in [6.07, 6.45) is 1.81. The first-order chi connectivity index (χ1) is 10.2. The highest BCUT2D eigenvalue weighted by Gasteiger charge is 2.08. The second-order valence-corrected chi connectivity index (χ2v) is 5.50. The molecule has 0 bridgehead atoms. The van der Waals surface area contributed by atoms with Gasteiger partial charge in [-0.1, -0.05) is 18.2 Å². The molecule has 2 heterocycles. The molecule has 4 aromatic rings. The molecule has 0 aliphatic rings. The van der Waals surface area contributed by atoms with Crippen molar-refractivity contribution >= 4 is 34.2 Å². The van der Waals surface area contributed by atoms with Crippen LogP contribution in [0.25, 0.3) is 27.6 Å². The van der Waals surface area contributed by atoms with Crippen molar-refractivity contribution in [2.45, 2.75) is 6.92 Å². The highest BCUT2D eigenvalue weighted by atomic mass is 32.1. The summed E-state index contributed by atoms with van der Waals surface area (Å²) in [6, 6.07) is 16.4. The first kappa shape index (κ1) is 12.3. The van der Waals surface area contributed by atoms with Crippen molar-refractivity contribution in [1.82, 2.24) is 14.5 Å². The summed E-state index contributed by atoms with van der Waals surface area (Å²) in [5.41, 5.74) is 5.43. The van der Waals surface area contributed by atoms with Crippen LogP contribution >= 0.6 is 12.2 Å². The lowest BCUT2D eigenvalue weighted by atomic mass is 10.2. The van der Waals surface area contributed by atoms with Crippen LogP contribution in [0, 0.1) is 11.7 Å². The minimum Gasteiger partial charge on any atom is -0.330 e. The maximum absolute atomic E-state index is 5.51. The van der Waals surface area contributed by atoms with E-state index in [4.69, 9.17) is 12.2 Å². The summed E-state index contributed by atoms with van der Waals surface area (Å²) >= 11 is 5.51. The van der Waals surface area contributed by atoms with Crippen molar-refractivity contribution < 1.29 is 0 Å². The first-order valence-corrected chi connectivity index (χ1v) is 7.20. The predicted molar refractivity (Wildman–Crippen MR) is 88.5 cm³/mol. The third-order valence-corrected chi connectivity index (χ3v) is 4.06. The molecule has 0 atom stereocenters. The number of pyridine rings is 1. The Balaban J connectivity index is 2.06. The Morgan fingerprint density at radius 2 is 2.00 bits per heavy atom. The number of aromatic amines is 1. The van der Waals surface area contributed by atoms with Crippen LogP contribution in [0.5, 0.6) is 0 Å². The SMILES string of the molecule is Cc1cccc2c1[nH]c(=S)n2-c1ccc2ncccc2c1. The average Bonchev–Trinajstić information content (AvgIpc) is 2.84. The molecule has 3 nitrogen and oxygen atoms in total.